The number of hydrogen-bond acceptors (Lipinski definition) is 2. The summed E-state index contributed by atoms with van der Waals surface area (Å²) in [6.45, 7) is 4.57. The zero-order chi connectivity index (χ0) is 13.3. The van der Waals surface area contributed by atoms with Crippen molar-refractivity contribution in [1.82, 2.24) is 5.32 Å². The molecule has 2 aliphatic rings. The topological polar surface area (TPSA) is 15.3 Å². The molecule has 1 saturated heterocycles. The van der Waals surface area contributed by atoms with Gasteiger partial charge in [0, 0.05) is 29.1 Å². The van der Waals surface area contributed by atoms with Gasteiger partial charge >= 0.3 is 0 Å². The second kappa shape index (κ2) is 5.45. The minimum absolute atomic E-state index is 0.361. The van der Waals surface area contributed by atoms with E-state index in [4.69, 9.17) is 0 Å². The molecule has 1 saturated carbocycles. The van der Waals surface area contributed by atoms with Crippen LogP contribution in [0.5, 0.6) is 0 Å². The van der Waals surface area contributed by atoms with Crippen LogP contribution in [0.1, 0.15) is 39.0 Å². The molecule has 1 atom stereocenters. The average molecular weight is 323 g/mol. The van der Waals surface area contributed by atoms with E-state index in [1.54, 1.807) is 0 Å². The molecule has 1 aromatic carbocycles. The van der Waals surface area contributed by atoms with Gasteiger partial charge < -0.3 is 10.2 Å². The third-order valence-corrected chi connectivity index (χ3v) is 5.42. The maximum absolute atomic E-state index is 3.85. The van der Waals surface area contributed by atoms with Crippen molar-refractivity contribution in [2.75, 3.05) is 18.0 Å². The summed E-state index contributed by atoms with van der Waals surface area (Å²) >= 11 is 3.71. The molecule has 1 unspecified atom stereocenters. The molecule has 0 bridgehead atoms. The molecule has 19 heavy (non-hydrogen) atoms. The van der Waals surface area contributed by atoms with E-state index in [2.05, 4.69) is 57.3 Å². The van der Waals surface area contributed by atoms with Gasteiger partial charge in [0.25, 0.3) is 0 Å². The van der Waals surface area contributed by atoms with Gasteiger partial charge in [-0.05, 0) is 47.8 Å². The van der Waals surface area contributed by atoms with Crippen LogP contribution in [0.25, 0.3) is 0 Å². The van der Waals surface area contributed by atoms with Crippen LogP contribution >= 0.6 is 15.9 Å². The molecule has 104 valence electrons. The first kappa shape index (κ1) is 13.4. The summed E-state index contributed by atoms with van der Waals surface area (Å²) in [4.78, 5) is 2.59. The summed E-state index contributed by atoms with van der Waals surface area (Å²) in [6, 6.07) is 9.19. The molecule has 3 heteroatoms. The highest BCUT2D eigenvalue weighted by Gasteiger charge is 2.38. The van der Waals surface area contributed by atoms with Gasteiger partial charge in [-0.25, -0.2) is 0 Å². The van der Waals surface area contributed by atoms with Crippen LogP contribution < -0.4 is 10.2 Å². The largest absolute Gasteiger partial charge is 0.365 e. The van der Waals surface area contributed by atoms with Crippen molar-refractivity contribution in [3.8, 4) is 0 Å². The monoisotopic (exact) mass is 322 g/mol. The summed E-state index contributed by atoms with van der Waals surface area (Å²) in [6.07, 6.45) is 6.84. The molecule has 2 nitrogen and oxygen atoms in total. The lowest BCUT2D eigenvalue weighted by atomic mass is 9.79. The number of hydrogen-bond donors (Lipinski definition) is 1. The number of halogens is 1. The number of para-hydroxylation sites is 1. The molecule has 0 radical (unpaired) electrons. The van der Waals surface area contributed by atoms with Gasteiger partial charge in [0.2, 0.25) is 0 Å². The first-order chi connectivity index (χ1) is 9.20. The van der Waals surface area contributed by atoms with E-state index >= 15 is 0 Å². The Morgan fingerprint density at radius 1 is 1.21 bits per heavy atom. The molecule has 1 aliphatic heterocycles. The first-order valence-electron chi connectivity index (χ1n) is 7.46. The number of anilines is 1. The van der Waals surface area contributed by atoms with E-state index in [1.165, 1.54) is 42.3 Å². The molecule has 1 spiro atoms. The van der Waals surface area contributed by atoms with Crippen LogP contribution in [0, 0.1) is 0 Å². The molecule has 3 rings (SSSR count). The van der Waals surface area contributed by atoms with Crippen LogP contribution in [0.2, 0.25) is 0 Å². The Morgan fingerprint density at radius 3 is 2.68 bits per heavy atom. The lowest BCUT2D eigenvalue weighted by Gasteiger charge is -2.50. The van der Waals surface area contributed by atoms with Gasteiger partial charge in [0.15, 0.2) is 0 Å². The fourth-order valence-electron chi connectivity index (χ4n) is 3.58. The van der Waals surface area contributed by atoms with E-state index in [0.29, 0.717) is 11.6 Å². The number of nitrogens with zero attached hydrogens (tertiary/aromatic N) is 1. The molecule has 0 amide bonds. The third kappa shape index (κ3) is 2.68. The molecule has 1 aliphatic carbocycles. The van der Waals surface area contributed by atoms with Gasteiger partial charge in [-0.2, -0.15) is 0 Å². The Kier molecular flexibility index (Phi) is 3.86. The highest BCUT2D eigenvalue weighted by molar-refractivity contribution is 9.10. The van der Waals surface area contributed by atoms with E-state index in [0.717, 1.165) is 13.1 Å². The Morgan fingerprint density at radius 2 is 1.95 bits per heavy atom. The summed E-state index contributed by atoms with van der Waals surface area (Å²) in [7, 11) is 0. The fraction of sp³-hybridized carbons (Fsp3) is 0.625. The summed E-state index contributed by atoms with van der Waals surface area (Å²) in [5, 5.41) is 3.85. The van der Waals surface area contributed by atoms with Crippen molar-refractivity contribution in [1.29, 1.82) is 0 Å². The predicted octanol–water partition coefficient (Wildman–Crippen LogP) is 3.95. The molecule has 2 fully saturated rings. The minimum Gasteiger partial charge on any atom is -0.365 e. The van der Waals surface area contributed by atoms with Gasteiger partial charge in [0.1, 0.15) is 0 Å². The van der Waals surface area contributed by atoms with Gasteiger partial charge in [0.05, 0.1) is 5.69 Å². The smallest absolute Gasteiger partial charge is 0.0514 e. The zero-order valence-corrected chi connectivity index (χ0v) is 13.2. The number of piperazine rings is 1. The second-order valence-electron chi connectivity index (χ2n) is 6.15. The lowest BCUT2D eigenvalue weighted by molar-refractivity contribution is 0.200. The summed E-state index contributed by atoms with van der Waals surface area (Å²) in [5.41, 5.74) is 1.71. The van der Waals surface area contributed by atoms with Crippen molar-refractivity contribution in [2.45, 2.75) is 50.6 Å². The van der Waals surface area contributed by atoms with Gasteiger partial charge in [-0.1, -0.05) is 31.4 Å². The van der Waals surface area contributed by atoms with Crippen LogP contribution in [0.15, 0.2) is 28.7 Å². The van der Waals surface area contributed by atoms with E-state index in [-0.39, 0.29) is 0 Å². The van der Waals surface area contributed by atoms with E-state index in [9.17, 15) is 0 Å². The molecular weight excluding hydrogens is 300 g/mol. The summed E-state index contributed by atoms with van der Waals surface area (Å²) in [5.74, 6) is 0. The van der Waals surface area contributed by atoms with Crippen molar-refractivity contribution < 1.29 is 0 Å². The van der Waals surface area contributed by atoms with Gasteiger partial charge in [-0.3, -0.25) is 0 Å². The summed E-state index contributed by atoms with van der Waals surface area (Å²) < 4.78 is 1.22. The Hall–Kier alpha value is -0.540. The fourth-order valence-corrected chi connectivity index (χ4v) is 4.10. The Labute approximate surface area is 124 Å². The standard InChI is InChI=1S/C16H23BrN2/c1-13-11-18-16(9-5-2-6-10-16)12-19(13)15-8-4-3-7-14(15)17/h3-4,7-8,13,18H,2,5-6,9-12H2,1H3. The van der Waals surface area contributed by atoms with Crippen molar-refractivity contribution in [2.24, 2.45) is 0 Å². The highest BCUT2D eigenvalue weighted by atomic mass is 79.9. The number of benzene rings is 1. The van der Waals surface area contributed by atoms with Crippen molar-refractivity contribution in [3.05, 3.63) is 28.7 Å². The Bertz CT molecular complexity index is 440. The average Bonchev–Trinajstić information content (AvgIpc) is 2.44. The minimum atomic E-state index is 0.361. The molecule has 0 aromatic heterocycles. The Balaban J connectivity index is 1.85. The van der Waals surface area contributed by atoms with E-state index < -0.39 is 0 Å². The zero-order valence-electron chi connectivity index (χ0n) is 11.7. The lowest BCUT2D eigenvalue weighted by Crippen LogP contribution is -2.64. The SMILES string of the molecule is CC1CNC2(CCCCC2)CN1c1ccccc1Br. The predicted molar refractivity (Wildman–Crippen MR) is 84.8 cm³/mol. The molecule has 1 N–H and O–H groups in total. The molecule has 1 aromatic rings. The number of rotatable bonds is 1. The number of nitrogens with one attached hydrogen (secondary N) is 1. The molecule has 1 heterocycles. The van der Waals surface area contributed by atoms with Crippen LogP contribution in [-0.2, 0) is 0 Å². The maximum Gasteiger partial charge on any atom is 0.0514 e. The molecular formula is C16H23BrN2. The van der Waals surface area contributed by atoms with Crippen molar-refractivity contribution >= 4 is 21.6 Å². The third-order valence-electron chi connectivity index (χ3n) is 4.75. The van der Waals surface area contributed by atoms with Gasteiger partial charge in [-0.15, -0.1) is 0 Å². The van der Waals surface area contributed by atoms with E-state index in [1.807, 2.05) is 0 Å². The van der Waals surface area contributed by atoms with Crippen LogP contribution in [0.4, 0.5) is 5.69 Å². The highest BCUT2D eigenvalue weighted by Crippen LogP contribution is 2.36. The second-order valence-corrected chi connectivity index (χ2v) is 7.00. The van der Waals surface area contributed by atoms with Crippen LogP contribution in [0.3, 0.4) is 0 Å². The van der Waals surface area contributed by atoms with Crippen LogP contribution in [-0.4, -0.2) is 24.7 Å². The van der Waals surface area contributed by atoms with Crippen molar-refractivity contribution in [3.63, 3.8) is 0 Å². The quantitative estimate of drug-likeness (QED) is 0.842. The first-order valence-corrected chi connectivity index (χ1v) is 8.26. The normalized spacial score (nSPS) is 26.6. The maximum atomic E-state index is 3.85.